The second-order valence-corrected chi connectivity index (χ2v) is 7.72. The summed E-state index contributed by atoms with van der Waals surface area (Å²) in [6, 6.07) is 5.12. The lowest BCUT2D eigenvalue weighted by Crippen LogP contribution is -2.36. The van der Waals surface area contributed by atoms with Crippen LogP contribution in [-0.2, 0) is 0 Å². The number of hydrogen-bond donors (Lipinski definition) is 0. The van der Waals surface area contributed by atoms with Gasteiger partial charge in [0.05, 0.1) is 5.69 Å². The van der Waals surface area contributed by atoms with Crippen molar-refractivity contribution in [3.63, 3.8) is 0 Å². The Balaban J connectivity index is 1.44. The van der Waals surface area contributed by atoms with Crippen molar-refractivity contribution in [2.24, 2.45) is 17.8 Å². The molecule has 0 unspecified atom stereocenters. The molecule has 4 rings (SSSR count). The van der Waals surface area contributed by atoms with Gasteiger partial charge in [0.25, 0.3) is 0 Å². The van der Waals surface area contributed by atoms with E-state index in [9.17, 15) is 0 Å². The van der Waals surface area contributed by atoms with Crippen LogP contribution in [0.4, 0.5) is 5.82 Å². The molecule has 0 spiro atoms. The van der Waals surface area contributed by atoms with Crippen LogP contribution in [0, 0.1) is 24.7 Å². The highest BCUT2D eigenvalue weighted by atomic mass is 15.3. The Morgan fingerprint density at radius 3 is 2.73 bits per heavy atom. The van der Waals surface area contributed by atoms with Gasteiger partial charge in [-0.15, -0.1) is 5.10 Å². The minimum Gasteiger partial charge on any atom is -0.355 e. The zero-order valence-corrected chi connectivity index (χ0v) is 13.9. The molecule has 4 heteroatoms. The first kappa shape index (κ1) is 14.4. The fourth-order valence-corrected chi connectivity index (χ4v) is 4.60. The maximum atomic E-state index is 4.41. The molecule has 0 N–H and O–H groups in total. The average Bonchev–Trinajstić information content (AvgIpc) is 3.28. The highest BCUT2D eigenvalue weighted by molar-refractivity contribution is 5.39. The van der Waals surface area contributed by atoms with Crippen molar-refractivity contribution in [2.75, 3.05) is 31.6 Å². The molecule has 1 aromatic rings. The predicted octanol–water partition coefficient (Wildman–Crippen LogP) is 2.73. The van der Waals surface area contributed by atoms with Crippen LogP contribution in [0.3, 0.4) is 0 Å². The highest BCUT2D eigenvalue weighted by Gasteiger charge is 2.41. The van der Waals surface area contributed by atoms with Gasteiger partial charge in [-0.3, -0.25) is 0 Å². The lowest BCUT2D eigenvalue weighted by molar-refractivity contribution is 0.145. The summed E-state index contributed by atoms with van der Waals surface area (Å²) < 4.78 is 0. The van der Waals surface area contributed by atoms with E-state index in [1.807, 2.05) is 6.92 Å². The highest BCUT2D eigenvalue weighted by Crippen LogP contribution is 2.42. The minimum atomic E-state index is 0.859. The Morgan fingerprint density at radius 2 is 2.00 bits per heavy atom. The van der Waals surface area contributed by atoms with Crippen molar-refractivity contribution in [3.05, 3.63) is 17.8 Å². The molecule has 4 nitrogen and oxygen atoms in total. The van der Waals surface area contributed by atoms with Gasteiger partial charge in [-0.05, 0) is 69.5 Å². The number of fused-ring (bicyclic) bond motifs is 1. The monoisotopic (exact) mass is 300 g/mol. The largest absolute Gasteiger partial charge is 0.355 e. The maximum absolute atomic E-state index is 4.41. The standard InChI is InChI=1S/C18H28N4/c1-13-6-9-18(20-19-13)22-11-15-5-3-4-14(17(15)12-22)10-21(2)16-7-8-16/h6,9,14-17H,3-5,7-8,10-12H2,1-2H3/t14-,15+,17+/m0/s1. The van der Waals surface area contributed by atoms with Gasteiger partial charge in [-0.2, -0.15) is 5.10 Å². The van der Waals surface area contributed by atoms with E-state index in [0.29, 0.717) is 0 Å². The Hall–Kier alpha value is -1.16. The predicted molar refractivity (Wildman–Crippen MR) is 89.0 cm³/mol. The average molecular weight is 300 g/mol. The summed E-state index contributed by atoms with van der Waals surface area (Å²) in [5.74, 6) is 3.69. The van der Waals surface area contributed by atoms with E-state index in [1.54, 1.807) is 0 Å². The topological polar surface area (TPSA) is 32.3 Å². The molecule has 2 aliphatic carbocycles. The van der Waals surface area contributed by atoms with E-state index in [0.717, 1.165) is 35.3 Å². The van der Waals surface area contributed by atoms with Crippen molar-refractivity contribution in [3.8, 4) is 0 Å². The summed E-state index contributed by atoms with van der Waals surface area (Å²) in [6.07, 6.45) is 7.08. The minimum absolute atomic E-state index is 0.859. The molecule has 1 aromatic heterocycles. The first-order chi connectivity index (χ1) is 10.7. The van der Waals surface area contributed by atoms with E-state index in [4.69, 9.17) is 0 Å². The molecule has 3 aliphatic rings. The van der Waals surface area contributed by atoms with E-state index < -0.39 is 0 Å². The molecule has 0 amide bonds. The number of aromatic nitrogens is 2. The van der Waals surface area contributed by atoms with Gasteiger partial charge < -0.3 is 9.80 Å². The lowest BCUT2D eigenvalue weighted by atomic mass is 9.73. The Bertz CT molecular complexity index is 510. The van der Waals surface area contributed by atoms with Crippen LogP contribution in [0.1, 0.15) is 37.8 Å². The third-order valence-corrected chi connectivity index (χ3v) is 6.05. The number of anilines is 1. The maximum Gasteiger partial charge on any atom is 0.151 e. The fourth-order valence-electron chi connectivity index (χ4n) is 4.60. The van der Waals surface area contributed by atoms with Gasteiger partial charge in [-0.1, -0.05) is 6.42 Å². The normalized spacial score (nSPS) is 31.6. The van der Waals surface area contributed by atoms with E-state index in [-0.39, 0.29) is 0 Å². The summed E-state index contributed by atoms with van der Waals surface area (Å²) in [6.45, 7) is 5.68. The molecule has 0 aromatic carbocycles. The molecule has 0 bridgehead atoms. The molecule has 120 valence electrons. The third kappa shape index (κ3) is 2.85. The second kappa shape index (κ2) is 5.80. The van der Waals surface area contributed by atoms with E-state index in [2.05, 4.69) is 39.2 Å². The first-order valence-electron chi connectivity index (χ1n) is 8.96. The van der Waals surface area contributed by atoms with Gasteiger partial charge in [0.2, 0.25) is 0 Å². The zero-order valence-electron chi connectivity index (χ0n) is 13.9. The SMILES string of the molecule is Cc1ccc(N2C[C@H]3CCC[C@@H](CN(C)C4CC4)[C@H]3C2)nn1. The molecular weight excluding hydrogens is 272 g/mol. The van der Waals surface area contributed by atoms with E-state index >= 15 is 0 Å². The molecule has 3 fully saturated rings. The first-order valence-corrected chi connectivity index (χ1v) is 8.96. The van der Waals surface area contributed by atoms with Crippen molar-refractivity contribution in [1.82, 2.24) is 15.1 Å². The van der Waals surface area contributed by atoms with Gasteiger partial charge in [0.1, 0.15) is 0 Å². The summed E-state index contributed by atoms with van der Waals surface area (Å²) in [4.78, 5) is 5.11. The van der Waals surface area contributed by atoms with Crippen LogP contribution in [-0.4, -0.2) is 47.8 Å². The quantitative estimate of drug-likeness (QED) is 0.856. The molecule has 3 atom stereocenters. The molecule has 22 heavy (non-hydrogen) atoms. The number of hydrogen-bond acceptors (Lipinski definition) is 4. The Kier molecular flexibility index (Phi) is 3.81. The smallest absolute Gasteiger partial charge is 0.151 e. The van der Waals surface area contributed by atoms with Gasteiger partial charge >= 0.3 is 0 Å². The second-order valence-electron chi connectivity index (χ2n) is 7.72. The van der Waals surface area contributed by atoms with Crippen molar-refractivity contribution in [1.29, 1.82) is 0 Å². The third-order valence-electron chi connectivity index (χ3n) is 6.05. The van der Waals surface area contributed by atoms with Crippen LogP contribution in [0.15, 0.2) is 12.1 Å². The summed E-state index contributed by atoms with van der Waals surface area (Å²) in [5, 5.41) is 8.65. The zero-order chi connectivity index (χ0) is 15.1. The number of aryl methyl sites for hydroxylation is 1. The molecule has 2 heterocycles. The van der Waals surface area contributed by atoms with Crippen LogP contribution >= 0.6 is 0 Å². The van der Waals surface area contributed by atoms with Gasteiger partial charge in [0, 0.05) is 25.7 Å². The Labute approximate surface area is 133 Å². The van der Waals surface area contributed by atoms with Crippen molar-refractivity contribution >= 4 is 5.82 Å². The number of rotatable bonds is 4. The van der Waals surface area contributed by atoms with Crippen molar-refractivity contribution in [2.45, 2.75) is 45.1 Å². The van der Waals surface area contributed by atoms with Crippen molar-refractivity contribution < 1.29 is 0 Å². The van der Waals surface area contributed by atoms with Gasteiger partial charge in [-0.25, -0.2) is 0 Å². The summed E-state index contributed by atoms with van der Waals surface area (Å²) in [5.41, 5.74) is 1.00. The summed E-state index contributed by atoms with van der Waals surface area (Å²) >= 11 is 0. The van der Waals surface area contributed by atoms with Crippen LogP contribution in [0.5, 0.6) is 0 Å². The fraction of sp³-hybridized carbons (Fsp3) is 0.778. The molecule has 2 saturated carbocycles. The van der Waals surface area contributed by atoms with Gasteiger partial charge in [0.15, 0.2) is 5.82 Å². The van der Waals surface area contributed by atoms with Crippen LogP contribution in [0.25, 0.3) is 0 Å². The van der Waals surface area contributed by atoms with E-state index in [1.165, 1.54) is 51.7 Å². The lowest BCUT2D eigenvalue weighted by Gasteiger charge is -2.35. The molecule has 1 aliphatic heterocycles. The molecule has 1 saturated heterocycles. The Morgan fingerprint density at radius 1 is 1.14 bits per heavy atom. The number of nitrogens with zero attached hydrogens (tertiary/aromatic N) is 4. The molecular formula is C18H28N4. The van der Waals surface area contributed by atoms with Crippen LogP contribution < -0.4 is 4.90 Å². The van der Waals surface area contributed by atoms with Crippen LogP contribution in [0.2, 0.25) is 0 Å². The summed E-state index contributed by atoms with van der Waals surface area (Å²) in [7, 11) is 2.33. The molecule has 0 radical (unpaired) electrons.